The van der Waals surface area contributed by atoms with Gasteiger partial charge in [-0.05, 0) is 61.5 Å². The first-order chi connectivity index (χ1) is 18.9. The SMILES string of the molecule is CC(Sc1cccc(NC(=O)/C(=C/c2ccccc2F)NC(=O)c2ccccc2)c1)C(=O)Nc1ccncc1. The normalized spacial score (nSPS) is 11.8. The topological polar surface area (TPSA) is 100 Å². The zero-order chi connectivity index (χ0) is 27.6. The van der Waals surface area contributed by atoms with Crippen molar-refractivity contribution in [3.63, 3.8) is 0 Å². The fraction of sp³-hybridized carbons (Fsp3) is 0.0667. The lowest BCUT2D eigenvalue weighted by Crippen LogP contribution is -2.30. The fourth-order valence-electron chi connectivity index (χ4n) is 3.47. The number of amides is 3. The van der Waals surface area contributed by atoms with E-state index in [1.54, 1.807) is 86.0 Å². The highest BCUT2D eigenvalue weighted by Gasteiger charge is 2.18. The molecule has 0 aliphatic carbocycles. The average Bonchev–Trinajstić information content (AvgIpc) is 2.95. The molecule has 39 heavy (non-hydrogen) atoms. The van der Waals surface area contributed by atoms with Crippen molar-refractivity contribution in [2.45, 2.75) is 17.1 Å². The molecule has 0 aliphatic rings. The van der Waals surface area contributed by atoms with Crippen LogP contribution in [-0.2, 0) is 9.59 Å². The third-order valence-electron chi connectivity index (χ3n) is 5.46. The summed E-state index contributed by atoms with van der Waals surface area (Å²) in [5.41, 5.74) is 1.46. The van der Waals surface area contributed by atoms with E-state index in [9.17, 15) is 18.8 Å². The number of halogens is 1. The van der Waals surface area contributed by atoms with Gasteiger partial charge in [-0.3, -0.25) is 19.4 Å². The summed E-state index contributed by atoms with van der Waals surface area (Å²) < 4.78 is 14.4. The van der Waals surface area contributed by atoms with Gasteiger partial charge in [-0.1, -0.05) is 42.5 Å². The summed E-state index contributed by atoms with van der Waals surface area (Å²) in [7, 11) is 0. The maximum atomic E-state index is 14.4. The predicted octanol–water partition coefficient (Wildman–Crippen LogP) is 5.75. The standard InChI is InChI=1S/C30H25FN4O3S/c1-20(28(36)33-23-14-16-32-17-15-23)39-25-12-7-11-24(19-25)34-30(38)27(18-22-10-5-6-13-26(22)31)35-29(37)21-8-3-2-4-9-21/h2-20H,1H3,(H,34,38)(H,35,37)(H,32,33,36)/b27-18-. The number of nitrogens with one attached hydrogen (secondary N) is 3. The molecule has 3 aromatic carbocycles. The molecule has 3 amide bonds. The molecule has 1 unspecified atom stereocenters. The van der Waals surface area contributed by atoms with E-state index in [1.807, 2.05) is 6.07 Å². The lowest BCUT2D eigenvalue weighted by atomic mass is 10.1. The van der Waals surface area contributed by atoms with Crippen LogP contribution in [0.25, 0.3) is 6.08 Å². The summed E-state index contributed by atoms with van der Waals surface area (Å²) in [5, 5.41) is 7.76. The number of carbonyl (C=O) groups is 3. The van der Waals surface area contributed by atoms with Gasteiger partial charge in [-0.2, -0.15) is 0 Å². The number of nitrogens with zero attached hydrogens (tertiary/aromatic N) is 1. The Bertz CT molecular complexity index is 1500. The number of thioether (sulfide) groups is 1. The van der Waals surface area contributed by atoms with Crippen LogP contribution >= 0.6 is 11.8 Å². The largest absolute Gasteiger partial charge is 0.325 e. The number of carbonyl (C=O) groups excluding carboxylic acids is 3. The monoisotopic (exact) mass is 540 g/mol. The Labute approximate surface area is 229 Å². The van der Waals surface area contributed by atoms with Crippen LogP contribution in [0.15, 0.2) is 114 Å². The molecule has 1 aromatic heterocycles. The Hall–Kier alpha value is -4.76. The van der Waals surface area contributed by atoms with Crippen molar-refractivity contribution in [1.29, 1.82) is 0 Å². The van der Waals surface area contributed by atoms with E-state index >= 15 is 0 Å². The third kappa shape index (κ3) is 7.86. The Kier molecular flexibility index (Phi) is 9.20. The van der Waals surface area contributed by atoms with E-state index in [0.717, 1.165) is 4.90 Å². The molecule has 1 atom stereocenters. The van der Waals surface area contributed by atoms with Crippen molar-refractivity contribution in [2.75, 3.05) is 10.6 Å². The molecule has 0 spiro atoms. The van der Waals surface area contributed by atoms with Gasteiger partial charge in [0.05, 0.1) is 5.25 Å². The Morgan fingerprint density at radius 3 is 2.31 bits per heavy atom. The van der Waals surface area contributed by atoms with Crippen molar-refractivity contribution < 1.29 is 18.8 Å². The molecule has 0 radical (unpaired) electrons. The molecule has 1 heterocycles. The number of aromatic nitrogens is 1. The Morgan fingerprint density at radius 2 is 1.56 bits per heavy atom. The van der Waals surface area contributed by atoms with Gasteiger partial charge >= 0.3 is 0 Å². The van der Waals surface area contributed by atoms with Crippen LogP contribution in [0.1, 0.15) is 22.8 Å². The summed E-state index contributed by atoms with van der Waals surface area (Å²) >= 11 is 1.32. The maximum Gasteiger partial charge on any atom is 0.272 e. The smallest absolute Gasteiger partial charge is 0.272 e. The molecular formula is C30H25FN4O3S. The van der Waals surface area contributed by atoms with Crippen molar-refractivity contribution >= 4 is 46.9 Å². The van der Waals surface area contributed by atoms with E-state index in [-0.39, 0.29) is 17.2 Å². The molecule has 4 aromatic rings. The van der Waals surface area contributed by atoms with E-state index in [4.69, 9.17) is 0 Å². The number of benzene rings is 3. The number of anilines is 2. The van der Waals surface area contributed by atoms with Crippen molar-refractivity contribution in [3.05, 3.63) is 126 Å². The van der Waals surface area contributed by atoms with Gasteiger partial charge in [0.2, 0.25) is 5.91 Å². The van der Waals surface area contributed by atoms with Gasteiger partial charge in [0.25, 0.3) is 11.8 Å². The summed E-state index contributed by atoms with van der Waals surface area (Å²) in [6, 6.07) is 24.7. The highest BCUT2D eigenvalue weighted by molar-refractivity contribution is 8.00. The Morgan fingerprint density at radius 1 is 0.846 bits per heavy atom. The molecule has 3 N–H and O–H groups in total. The van der Waals surface area contributed by atoms with E-state index in [1.165, 1.54) is 36.0 Å². The second-order valence-corrected chi connectivity index (χ2v) is 9.78. The van der Waals surface area contributed by atoms with Crippen LogP contribution in [0, 0.1) is 5.82 Å². The van der Waals surface area contributed by atoms with Crippen LogP contribution < -0.4 is 16.0 Å². The second-order valence-electron chi connectivity index (χ2n) is 8.37. The van der Waals surface area contributed by atoms with Crippen molar-refractivity contribution in [3.8, 4) is 0 Å². The minimum Gasteiger partial charge on any atom is -0.325 e. The highest BCUT2D eigenvalue weighted by Crippen LogP contribution is 2.27. The molecule has 0 bridgehead atoms. The van der Waals surface area contributed by atoms with Gasteiger partial charge in [-0.25, -0.2) is 4.39 Å². The average molecular weight is 541 g/mol. The lowest BCUT2D eigenvalue weighted by Gasteiger charge is -2.14. The molecule has 4 rings (SSSR count). The molecular weight excluding hydrogens is 515 g/mol. The minimum absolute atomic E-state index is 0.128. The molecule has 0 saturated carbocycles. The van der Waals surface area contributed by atoms with Crippen LogP contribution in [0.4, 0.5) is 15.8 Å². The van der Waals surface area contributed by atoms with Gasteiger partial charge < -0.3 is 16.0 Å². The maximum absolute atomic E-state index is 14.4. The molecule has 0 fully saturated rings. The first kappa shape index (κ1) is 27.3. The van der Waals surface area contributed by atoms with Crippen molar-refractivity contribution in [2.24, 2.45) is 0 Å². The predicted molar refractivity (Wildman–Crippen MR) is 152 cm³/mol. The van der Waals surface area contributed by atoms with E-state index in [2.05, 4.69) is 20.9 Å². The first-order valence-electron chi connectivity index (χ1n) is 12.0. The van der Waals surface area contributed by atoms with Gasteiger partial charge in [0.15, 0.2) is 0 Å². The number of hydrogen-bond acceptors (Lipinski definition) is 5. The minimum atomic E-state index is -0.631. The lowest BCUT2D eigenvalue weighted by molar-refractivity contribution is -0.115. The van der Waals surface area contributed by atoms with Crippen LogP contribution in [0.3, 0.4) is 0 Å². The first-order valence-corrected chi connectivity index (χ1v) is 12.9. The summed E-state index contributed by atoms with van der Waals surface area (Å²) in [5.74, 6) is -1.85. The molecule has 196 valence electrons. The van der Waals surface area contributed by atoms with Crippen LogP contribution in [0.2, 0.25) is 0 Å². The van der Waals surface area contributed by atoms with Crippen LogP contribution in [-0.4, -0.2) is 28.0 Å². The molecule has 0 saturated heterocycles. The number of pyridine rings is 1. The Balaban J connectivity index is 1.49. The van der Waals surface area contributed by atoms with Crippen molar-refractivity contribution in [1.82, 2.24) is 10.3 Å². The zero-order valence-electron chi connectivity index (χ0n) is 20.9. The number of hydrogen-bond donors (Lipinski definition) is 3. The summed E-state index contributed by atoms with van der Waals surface area (Å²) in [6.45, 7) is 1.78. The third-order valence-corrected chi connectivity index (χ3v) is 6.55. The van der Waals surface area contributed by atoms with Gasteiger partial charge in [-0.15, -0.1) is 11.8 Å². The number of rotatable bonds is 9. The zero-order valence-corrected chi connectivity index (χ0v) is 21.7. The second kappa shape index (κ2) is 13.2. The fourth-order valence-corrected chi connectivity index (χ4v) is 4.40. The van der Waals surface area contributed by atoms with Gasteiger partial charge in [0.1, 0.15) is 11.5 Å². The van der Waals surface area contributed by atoms with E-state index in [0.29, 0.717) is 16.9 Å². The quantitative estimate of drug-likeness (QED) is 0.185. The summed E-state index contributed by atoms with van der Waals surface area (Å²) in [4.78, 5) is 43.3. The molecule has 7 nitrogen and oxygen atoms in total. The summed E-state index contributed by atoms with van der Waals surface area (Å²) in [6.07, 6.45) is 4.48. The van der Waals surface area contributed by atoms with Crippen LogP contribution in [0.5, 0.6) is 0 Å². The molecule has 0 aliphatic heterocycles. The van der Waals surface area contributed by atoms with Gasteiger partial charge in [0, 0.05) is 39.8 Å². The molecule has 9 heteroatoms. The van der Waals surface area contributed by atoms with E-state index < -0.39 is 22.9 Å². The highest BCUT2D eigenvalue weighted by atomic mass is 32.2.